The van der Waals surface area contributed by atoms with Crippen LogP contribution >= 0.6 is 0 Å². The molecule has 192 valence electrons. The van der Waals surface area contributed by atoms with E-state index in [-0.39, 0.29) is 18.5 Å². The van der Waals surface area contributed by atoms with Gasteiger partial charge in [0.25, 0.3) is 0 Å². The second-order valence-electron chi connectivity index (χ2n) is 9.33. The smallest absolute Gasteiger partial charge is 0.404 e. The molecule has 0 unspecified atom stereocenters. The van der Waals surface area contributed by atoms with Crippen LogP contribution in [-0.4, -0.2) is 59.0 Å². The van der Waals surface area contributed by atoms with Crippen molar-refractivity contribution in [2.45, 2.75) is 43.4 Å². The number of para-hydroxylation sites is 1. The van der Waals surface area contributed by atoms with Crippen LogP contribution in [0, 0.1) is 5.41 Å². The van der Waals surface area contributed by atoms with Crippen LogP contribution in [0.25, 0.3) is 0 Å². The number of nitrogens with zero attached hydrogens (tertiary/aromatic N) is 2. The molecule has 0 aliphatic carbocycles. The van der Waals surface area contributed by atoms with E-state index in [4.69, 9.17) is 4.74 Å². The van der Waals surface area contributed by atoms with Crippen LogP contribution in [-0.2, 0) is 21.2 Å². The molecule has 0 amide bonds. The van der Waals surface area contributed by atoms with E-state index in [1.54, 1.807) is 7.11 Å². The molecule has 2 aromatic rings. The summed E-state index contributed by atoms with van der Waals surface area (Å²) in [5.74, 6) is -0.696. The summed E-state index contributed by atoms with van der Waals surface area (Å²) < 4.78 is 75.1. The Kier molecular flexibility index (Phi) is 7.63. The van der Waals surface area contributed by atoms with E-state index in [0.29, 0.717) is 12.8 Å². The lowest BCUT2D eigenvalue weighted by molar-refractivity contribution is -0.275. The number of hydrogen-bond acceptors (Lipinski definition) is 5. The largest absolute Gasteiger partial charge is 0.573 e. The van der Waals surface area contributed by atoms with Crippen molar-refractivity contribution < 1.29 is 31.1 Å². The minimum absolute atomic E-state index is 0.00510. The first-order valence-electron chi connectivity index (χ1n) is 11.8. The SMILES string of the molecule is COCCCc1ccc(N2CCC3(CCN(S(=O)(=O)c4ccccc4OC(F)(F)F)CC3)C2)cc1. The van der Waals surface area contributed by atoms with Gasteiger partial charge in [-0.2, -0.15) is 4.31 Å². The Morgan fingerprint density at radius 1 is 0.971 bits per heavy atom. The fourth-order valence-corrected chi connectivity index (χ4v) is 6.63. The third-order valence-electron chi connectivity index (χ3n) is 7.03. The molecule has 6 nitrogen and oxygen atoms in total. The summed E-state index contributed by atoms with van der Waals surface area (Å²) in [4.78, 5) is 1.89. The lowest BCUT2D eigenvalue weighted by Gasteiger charge is -2.38. The maximum absolute atomic E-state index is 13.2. The van der Waals surface area contributed by atoms with Crippen molar-refractivity contribution in [3.63, 3.8) is 0 Å². The van der Waals surface area contributed by atoms with E-state index in [2.05, 4.69) is 33.9 Å². The molecule has 0 saturated carbocycles. The van der Waals surface area contributed by atoms with Crippen molar-refractivity contribution in [1.29, 1.82) is 0 Å². The molecule has 0 radical (unpaired) electrons. The number of halogens is 3. The summed E-state index contributed by atoms with van der Waals surface area (Å²) in [6, 6.07) is 13.5. The number of rotatable bonds is 8. The second-order valence-corrected chi connectivity index (χ2v) is 11.2. The quantitative estimate of drug-likeness (QED) is 0.474. The number of methoxy groups -OCH3 is 1. The number of hydrogen-bond donors (Lipinski definition) is 0. The molecule has 2 fully saturated rings. The molecule has 0 N–H and O–H groups in total. The van der Waals surface area contributed by atoms with Gasteiger partial charge in [0.1, 0.15) is 10.6 Å². The van der Waals surface area contributed by atoms with Crippen molar-refractivity contribution in [2.75, 3.05) is 44.8 Å². The minimum Gasteiger partial charge on any atom is -0.404 e. The third kappa shape index (κ3) is 6.10. The third-order valence-corrected chi connectivity index (χ3v) is 8.97. The number of aryl methyl sites for hydroxylation is 1. The first-order valence-corrected chi connectivity index (χ1v) is 13.2. The summed E-state index contributed by atoms with van der Waals surface area (Å²) in [5, 5.41) is 0. The van der Waals surface area contributed by atoms with Gasteiger partial charge in [0.2, 0.25) is 10.0 Å². The van der Waals surface area contributed by atoms with Gasteiger partial charge < -0.3 is 14.4 Å². The van der Waals surface area contributed by atoms with Crippen LogP contribution < -0.4 is 9.64 Å². The average Bonchev–Trinajstić information content (AvgIpc) is 3.22. The highest BCUT2D eigenvalue weighted by atomic mass is 32.2. The predicted molar refractivity (Wildman–Crippen MR) is 127 cm³/mol. The van der Waals surface area contributed by atoms with E-state index in [1.165, 1.54) is 22.0 Å². The molecule has 2 aliphatic heterocycles. The molecule has 2 aliphatic rings. The summed E-state index contributed by atoms with van der Waals surface area (Å²) in [5.41, 5.74) is 2.43. The lowest BCUT2D eigenvalue weighted by atomic mass is 9.78. The maximum atomic E-state index is 13.2. The fourth-order valence-electron chi connectivity index (χ4n) is 5.07. The molecular formula is C25H31F3N2O4S. The molecule has 2 aromatic carbocycles. The van der Waals surface area contributed by atoms with Crippen LogP contribution in [0.15, 0.2) is 53.4 Å². The van der Waals surface area contributed by atoms with Crippen LogP contribution in [0.2, 0.25) is 0 Å². The highest BCUT2D eigenvalue weighted by molar-refractivity contribution is 7.89. The lowest BCUT2D eigenvalue weighted by Crippen LogP contribution is -2.44. The Morgan fingerprint density at radius 2 is 1.63 bits per heavy atom. The molecule has 35 heavy (non-hydrogen) atoms. The molecule has 10 heteroatoms. The zero-order valence-corrected chi connectivity index (χ0v) is 20.6. The number of benzene rings is 2. The van der Waals surface area contributed by atoms with Gasteiger partial charge in [0.05, 0.1) is 0 Å². The zero-order valence-electron chi connectivity index (χ0n) is 19.8. The van der Waals surface area contributed by atoms with Gasteiger partial charge in [-0.1, -0.05) is 24.3 Å². The standard InChI is InChI=1S/C25H31F3N2O4S/c1-33-18-4-5-20-8-10-21(11-9-20)29-15-12-24(19-29)13-16-30(17-14-24)35(31,32)23-7-3-2-6-22(23)34-25(26,27)28/h2-3,6-11H,4-5,12-19H2,1H3. The molecule has 2 heterocycles. The normalized spacial score (nSPS) is 18.8. The molecule has 4 rings (SSSR count). The Bertz CT molecular complexity index is 1100. The van der Waals surface area contributed by atoms with Crippen molar-refractivity contribution in [3.05, 3.63) is 54.1 Å². The van der Waals surface area contributed by atoms with Crippen molar-refractivity contribution >= 4 is 15.7 Å². The van der Waals surface area contributed by atoms with Gasteiger partial charge in [-0.05, 0) is 67.3 Å². The van der Waals surface area contributed by atoms with Gasteiger partial charge in [-0.25, -0.2) is 8.42 Å². The molecular weight excluding hydrogens is 481 g/mol. The first kappa shape index (κ1) is 25.8. The van der Waals surface area contributed by atoms with Crippen LogP contribution in [0.5, 0.6) is 5.75 Å². The Labute approximate surface area is 204 Å². The Balaban J connectivity index is 1.38. The fraction of sp³-hybridized carbons (Fsp3) is 0.520. The molecule has 1 spiro atoms. The van der Waals surface area contributed by atoms with E-state index < -0.39 is 27.0 Å². The highest BCUT2D eigenvalue weighted by Gasteiger charge is 2.44. The van der Waals surface area contributed by atoms with Gasteiger partial charge >= 0.3 is 6.36 Å². The van der Waals surface area contributed by atoms with E-state index in [0.717, 1.165) is 56.8 Å². The van der Waals surface area contributed by atoms with Crippen LogP contribution in [0.3, 0.4) is 0 Å². The van der Waals surface area contributed by atoms with Crippen LogP contribution in [0.1, 0.15) is 31.2 Å². The Hall–Kier alpha value is -2.30. The monoisotopic (exact) mass is 512 g/mol. The Morgan fingerprint density at radius 3 is 2.29 bits per heavy atom. The molecule has 2 saturated heterocycles. The van der Waals surface area contributed by atoms with Crippen LogP contribution in [0.4, 0.5) is 18.9 Å². The van der Waals surface area contributed by atoms with Crippen molar-refractivity contribution in [2.24, 2.45) is 5.41 Å². The number of ether oxygens (including phenoxy) is 2. The summed E-state index contributed by atoms with van der Waals surface area (Å²) >= 11 is 0. The van der Waals surface area contributed by atoms with Gasteiger partial charge in [-0.3, -0.25) is 0 Å². The van der Waals surface area contributed by atoms with E-state index in [9.17, 15) is 21.6 Å². The maximum Gasteiger partial charge on any atom is 0.573 e. The number of piperidine rings is 1. The number of anilines is 1. The van der Waals surface area contributed by atoms with Gasteiger partial charge in [0, 0.05) is 45.6 Å². The molecule has 0 bridgehead atoms. The number of sulfonamides is 1. The second kappa shape index (κ2) is 10.4. The topological polar surface area (TPSA) is 59.1 Å². The minimum atomic E-state index is -4.97. The van der Waals surface area contributed by atoms with Gasteiger partial charge in [0.15, 0.2) is 0 Å². The highest BCUT2D eigenvalue weighted by Crippen LogP contribution is 2.43. The van der Waals surface area contributed by atoms with Gasteiger partial charge in [-0.15, -0.1) is 13.2 Å². The zero-order chi connectivity index (χ0) is 25.1. The molecule has 0 atom stereocenters. The summed E-state index contributed by atoms with van der Waals surface area (Å²) in [7, 11) is -2.40. The van der Waals surface area contributed by atoms with Crippen molar-refractivity contribution in [3.8, 4) is 5.75 Å². The summed E-state index contributed by atoms with van der Waals surface area (Å²) in [6.07, 6.45) is -0.716. The van der Waals surface area contributed by atoms with E-state index in [1.807, 2.05) is 0 Å². The average molecular weight is 513 g/mol. The predicted octanol–water partition coefficient (Wildman–Crippen LogP) is 4.85. The van der Waals surface area contributed by atoms with E-state index >= 15 is 0 Å². The molecule has 0 aromatic heterocycles. The summed E-state index contributed by atoms with van der Waals surface area (Å²) in [6.45, 7) is 3.03. The first-order chi connectivity index (χ1) is 16.6. The van der Waals surface area contributed by atoms with Crippen molar-refractivity contribution in [1.82, 2.24) is 4.31 Å². The number of alkyl halides is 3.